The molecule has 0 radical (unpaired) electrons. The van der Waals surface area contributed by atoms with Crippen LogP contribution in [-0.2, 0) is 6.54 Å². The van der Waals surface area contributed by atoms with Gasteiger partial charge < -0.3 is 11.1 Å². The molecular formula is C27H19F2N5O2. The Morgan fingerprint density at radius 1 is 0.889 bits per heavy atom. The minimum absolute atomic E-state index is 0.183. The highest BCUT2D eigenvalue weighted by Gasteiger charge is 2.21. The fourth-order valence-corrected chi connectivity index (χ4v) is 3.89. The van der Waals surface area contributed by atoms with Gasteiger partial charge in [-0.15, -0.1) is 0 Å². The van der Waals surface area contributed by atoms with Gasteiger partial charge in [-0.25, -0.2) is 18.4 Å². The van der Waals surface area contributed by atoms with E-state index < -0.39 is 29.0 Å². The number of benzene rings is 3. The van der Waals surface area contributed by atoms with Crippen LogP contribution in [0.15, 0.2) is 85.1 Å². The first-order valence-electron chi connectivity index (χ1n) is 11.0. The highest BCUT2D eigenvalue weighted by molar-refractivity contribution is 6.13. The topological polar surface area (TPSA) is 103 Å². The number of carbonyl (C=O) groups is 2. The van der Waals surface area contributed by atoms with Gasteiger partial charge in [-0.05, 0) is 17.7 Å². The minimum atomic E-state index is -1.11. The second kappa shape index (κ2) is 9.38. The first-order valence-corrected chi connectivity index (χ1v) is 11.0. The molecule has 5 aromatic rings. The number of primary amides is 1. The molecule has 3 aromatic carbocycles. The molecule has 0 unspecified atom stereocenters. The average Bonchev–Trinajstić information content (AvgIpc) is 3.28. The third kappa shape index (κ3) is 4.41. The van der Waals surface area contributed by atoms with E-state index in [0.29, 0.717) is 29.3 Å². The van der Waals surface area contributed by atoms with Crippen LogP contribution in [0.4, 0.5) is 14.5 Å². The summed E-state index contributed by atoms with van der Waals surface area (Å²) in [5.74, 6) is -3.92. The van der Waals surface area contributed by atoms with E-state index in [4.69, 9.17) is 10.7 Å². The molecule has 0 spiro atoms. The number of nitrogens with one attached hydrogen (secondary N) is 1. The number of fused-ring (bicyclic) bond motifs is 1. The standard InChI is InChI=1S/C27H19F2N5O2/c28-21-13-22(29)24(12-19(21)25(30)35)33-27(36)18-11-23(17-9-5-2-6-10-17)32-26-20(18)14-31-34(26)15-16-7-3-1-4-8-16/h1-14H,15H2,(H2,30,35)(H,33,36). The quantitative estimate of drug-likeness (QED) is 0.363. The lowest BCUT2D eigenvalue weighted by molar-refractivity contribution is 0.0992. The van der Waals surface area contributed by atoms with Crippen molar-refractivity contribution < 1.29 is 18.4 Å². The van der Waals surface area contributed by atoms with Crippen LogP contribution in [0.25, 0.3) is 22.3 Å². The summed E-state index contributed by atoms with van der Waals surface area (Å²) in [5.41, 5.74) is 7.17. The Balaban J connectivity index is 1.61. The fourth-order valence-electron chi connectivity index (χ4n) is 3.89. The molecule has 2 amide bonds. The Bertz CT molecular complexity index is 1600. The summed E-state index contributed by atoms with van der Waals surface area (Å²) in [4.78, 5) is 29.6. The summed E-state index contributed by atoms with van der Waals surface area (Å²) in [5, 5.41) is 7.30. The van der Waals surface area contributed by atoms with Gasteiger partial charge >= 0.3 is 0 Å². The molecule has 7 nitrogen and oxygen atoms in total. The molecule has 0 aliphatic carbocycles. The van der Waals surface area contributed by atoms with Gasteiger partial charge in [-0.2, -0.15) is 5.10 Å². The van der Waals surface area contributed by atoms with Gasteiger partial charge in [-0.1, -0.05) is 60.7 Å². The van der Waals surface area contributed by atoms with E-state index >= 15 is 0 Å². The second-order valence-electron chi connectivity index (χ2n) is 8.08. The van der Waals surface area contributed by atoms with E-state index in [0.717, 1.165) is 17.2 Å². The van der Waals surface area contributed by atoms with Gasteiger partial charge in [0, 0.05) is 11.6 Å². The Morgan fingerprint density at radius 2 is 1.58 bits per heavy atom. The van der Waals surface area contributed by atoms with Crippen molar-refractivity contribution in [2.75, 3.05) is 5.32 Å². The van der Waals surface area contributed by atoms with Crippen LogP contribution in [-0.4, -0.2) is 26.6 Å². The number of nitrogens with zero attached hydrogens (tertiary/aromatic N) is 3. The lowest BCUT2D eigenvalue weighted by Gasteiger charge is -2.11. The molecule has 3 N–H and O–H groups in total. The largest absolute Gasteiger partial charge is 0.366 e. The van der Waals surface area contributed by atoms with Crippen LogP contribution in [0.3, 0.4) is 0 Å². The normalized spacial score (nSPS) is 10.9. The Hall–Kier alpha value is -4.92. The molecule has 0 atom stereocenters. The number of halogens is 2. The van der Waals surface area contributed by atoms with E-state index in [-0.39, 0.29) is 11.3 Å². The number of anilines is 1. The monoisotopic (exact) mass is 483 g/mol. The Labute approximate surface area is 204 Å². The van der Waals surface area contributed by atoms with E-state index in [1.165, 1.54) is 6.20 Å². The van der Waals surface area contributed by atoms with Crippen molar-refractivity contribution in [2.24, 2.45) is 5.73 Å². The number of aromatic nitrogens is 3. The van der Waals surface area contributed by atoms with Gasteiger partial charge in [0.1, 0.15) is 11.6 Å². The maximum atomic E-state index is 14.4. The first kappa shape index (κ1) is 22.9. The van der Waals surface area contributed by atoms with Crippen LogP contribution in [0.5, 0.6) is 0 Å². The first-order chi connectivity index (χ1) is 17.4. The number of hydrogen-bond donors (Lipinski definition) is 2. The van der Waals surface area contributed by atoms with Crippen molar-refractivity contribution in [3.05, 3.63) is 113 Å². The van der Waals surface area contributed by atoms with Crippen LogP contribution in [0, 0.1) is 11.6 Å². The maximum absolute atomic E-state index is 14.4. The SMILES string of the molecule is NC(=O)c1cc(NC(=O)c2cc(-c3ccccc3)nc3c2cnn3Cc2ccccc2)c(F)cc1F. The number of hydrogen-bond acceptors (Lipinski definition) is 4. The zero-order valence-corrected chi connectivity index (χ0v) is 18.8. The summed E-state index contributed by atoms with van der Waals surface area (Å²) in [6, 6.07) is 21.9. The highest BCUT2D eigenvalue weighted by Crippen LogP contribution is 2.27. The van der Waals surface area contributed by atoms with Crippen LogP contribution >= 0.6 is 0 Å². The Kier molecular flexibility index (Phi) is 5.95. The van der Waals surface area contributed by atoms with Crippen LogP contribution < -0.4 is 11.1 Å². The number of rotatable bonds is 6. The molecule has 0 aliphatic heterocycles. The van der Waals surface area contributed by atoms with E-state index in [1.807, 2.05) is 60.7 Å². The van der Waals surface area contributed by atoms with Gasteiger partial charge in [0.25, 0.3) is 11.8 Å². The van der Waals surface area contributed by atoms with Crippen LogP contribution in [0.1, 0.15) is 26.3 Å². The van der Waals surface area contributed by atoms with E-state index in [9.17, 15) is 18.4 Å². The summed E-state index contributed by atoms with van der Waals surface area (Å²) in [6.07, 6.45) is 1.52. The highest BCUT2D eigenvalue weighted by atomic mass is 19.1. The van der Waals surface area contributed by atoms with Crippen molar-refractivity contribution in [3.8, 4) is 11.3 Å². The van der Waals surface area contributed by atoms with Gasteiger partial charge in [0.2, 0.25) is 0 Å². The summed E-state index contributed by atoms with van der Waals surface area (Å²) < 4.78 is 30.0. The van der Waals surface area contributed by atoms with Crippen molar-refractivity contribution >= 4 is 28.5 Å². The minimum Gasteiger partial charge on any atom is -0.366 e. The molecule has 0 fully saturated rings. The molecule has 178 valence electrons. The van der Waals surface area contributed by atoms with Crippen molar-refractivity contribution in [2.45, 2.75) is 6.54 Å². The zero-order chi connectivity index (χ0) is 25.2. The third-order valence-electron chi connectivity index (χ3n) is 5.67. The number of carbonyl (C=O) groups excluding carboxylic acids is 2. The number of pyridine rings is 1. The van der Waals surface area contributed by atoms with Gasteiger partial charge in [-0.3, -0.25) is 9.59 Å². The van der Waals surface area contributed by atoms with Crippen molar-refractivity contribution in [1.29, 1.82) is 0 Å². The third-order valence-corrected chi connectivity index (χ3v) is 5.67. The van der Waals surface area contributed by atoms with Gasteiger partial charge in [0.05, 0.1) is 40.6 Å². The second-order valence-corrected chi connectivity index (χ2v) is 8.08. The van der Waals surface area contributed by atoms with Crippen molar-refractivity contribution in [3.63, 3.8) is 0 Å². The molecule has 0 saturated heterocycles. The molecule has 2 aromatic heterocycles. The molecular weight excluding hydrogens is 464 g/mol. The predicted octanol–water partition coefficient (Wildman–Crippen LogP) is 4.78. The molecule has 2 heterocycles. The number of nitrogens with two attached hydrogens (primary N) is 1. The zero-order valence-electron chi connectivity index (χ0n) is 18.8. The van der Waals surface area contributed by atoms with Crippen molar-refractivity contribution in [1.82, 2.24) is 14.8 Å². The summed E-state index contributed by atoms with van der Waals surface area (Å²) in [7, 11) is 0. The predicted molar refractivity (Wildman–Crippen MR) is 131 cm³/mol. The smallest absolute Gasteiger partial charge is 0.256 e. The molecule has 9 heteroatoms. The molecule has 0 bridgehead atoms. The number of amides is 2. The van der Waals surface area contributed by atoms with Crippen LogP contribution in [0.2, 0.25) is 0 Å². The van der Waals surface area contributed by atoms with E-state index in [1.54, 1.807) is 10.7 Å². The lowest BCUT2D eigenvalue weighted by Crippen LogP contribution is -2.17. The average molecular weight is 483 g/mol. The molecule has 5 rings (SSSR count). The molecule has 0 saturated carbocycles. The fraction of sp³-hybridized carbons (Fsp3) is 0.0370. The maximum Gasteiger partial charge on any atom is 0.256 e. The molecule has 0 aliphatic rings. The summed E-state index contributed by atoms with van der Waals surface area (Å²) >= 11 is 0. The molecule has 36 heavy (non-hydrogen) atoms. The Morgan fingerprint density at radius 3 is 2.28 bits per heavy atom. The van der Waals surface area contributed by atoms with E-state index in [2.05, 4.69) is 10.4 Å². The summed E-state index contributed by atoms with van der Waals surface area (Å²) in [6.45, 7) is 0.422. The van der Waals surface area contributed by atoms with Gasteiger partial charge in [0.15, 0.2) is 5.65 Å². The lowest BCUT2D eigenvalue weighted by atomic mass is 10.1.